The summed E-state index contributed by atoms with van der Waals surface area (Å²) in [6.45, 7) is 3.99. The average Bonchev–Trinajstić information content (AvgIpc) is 2.91. The predicted octanol–water partition coefficient (Wildman–Crippen LogP) is 2.78. The highest BCUT2D eigenvalue weighted by Gasteiger charge is 2.64. The summed E-state index contributed by atoms with van der Waals surface area (Å²) in [7, 11) is 0. The van der Waals surface area contributed by atoms with E-state index in [0.29, 0.717) is 19.3 Å². The highest BCUT2D eigenvalue weighted by molar-refractivity contribution is 6.00. The molecule has 0 atom stereocenters. The number of nitrogens with zero attached hydrogens (tertiary/aromatic N) is 1. The molecule has 1 saturated heterocycles. The van der Waals surface area contributed by atoms with E-state index in [4.69, 9.17) is 5.73 Å². The number of ketones is 1. The van der Waals surface area contributed by atoms with Gasteiger partial charge in [-0.15, -0.1) is 0 Å². The van der Waals surface area contributed by atoms with Crippen molar-refractivity contribution in [2.45, 2.75) is 52.1 Å². The second-order valence-corrected chi connectivity index (χ2v) is 8.30. The van der Waals surface area contributed by atoms with Crippen LogP contribution in [-0.4, -0.2) is 35.9 Å². The highest BCUT2D eigenvalue weighted by atomic mass is 19.4. The zero-order valence-electron chi connectivity index (χ0n) is 14.0. The molecule has 134 valence electrons. The van der Waals surface area contributed by atoms with Gasteiger partial charge in [-0.1, -0.05) is 26.7 Å². The molecule has 2 aliphatic carbocycles. The molecule has 4 nitrogen and oxygen atoms in total. The van der Waals surface area contributed by atoms with E-state index in [2.05, 4.69) is 0 Å². The number of hydrogen-bond acceptors (Lipinski definition) is 3. The Morgan fingerprint density at radius 3 is 2.21 bits per heavy atom. The molecular formula is C17H23F3N2O2. The topological polar surface area (TPSA) is 63.4 Å². The number of likely N-dealkylation sites (tertiary alicyclic amines) is 1. The van der Waals surface area contributed by atoms with Gasteiger partial charge in [-0.2, -0.15) is 13.2 Å². The smallest absolute Gasteiger partial charge is 0.396 e. The summed E-state index contributed by atoms with van der Waals surface area (Å²) in [4.78, 5) is 26.0. The van der Waals surface area contributed by atoms with E-state index < -0.39 is 28.3 Å². The maximum atomic E-state index is 13.5. The average molecular weight is 344 g/mol. The van der Waals surface area contributed by atoms with E-state index in [0.717, 1.165) is 0 Å². The van der Waals surface area contributed by atoms with Gasteiger partial charge in [0.25, 0.3) is 0 Å². The lowest BCUT2D eigenvalue weighted by Gasteiger charge is -2.55. The minimum atomic E-state index is -4.51. The number of allylic oxidation sites excluding steroid dienone is 1. The predicted molar refractivity (Wildman–Crippen MR) is 81.6 cm³/mol. The van der Waals surface area contributed by atoms with Crippen LogP contribution in [0.4, 0.5) is 13.2 Å². The molecule has 1 spiro atoms. The van der Waals surface area contributed by atoms with Gasteiger partial charge in [-0.3, -0.25) is 9.59 Å². The second kappa shape index (κ2) is 4.99. The number of halogens is 3. The Balaban J connectivity index is 1.79. The fourth-order valence-electron chi connectivity index (χ4n) is 4.76. The van der Waals surface area contributed by atoms with Crippen molar-refractivity contribution in [3.05, 3.63) is 11.8 Å². The summed E-state index contributed by atoms with van der Waals surface area (Å²) >= 11 is 0. The molecule has 0 radical (unpaired) electrons. The minimum Gasteiger partial charge on any atom is -0.396 e. The van der Waals surface area contributed by atoms with Gasteiger partial charge in [0.1, 0.15) is 5.41 Å². The molecule has 1 amide bonds. The molecule has 0 bridgehead atoms. The Morgan fingerprint density at radius 2 is 1.75 bits per heavy atom. The number of carbonyl (C=O) groups excluding carboxylic acids is 2. The van der Waals surface area contributed by atoms with Gasteiger partial charge >= 0.3 is 6.18 Å². The zero-order valence-corrected chi connectivity index (χ0v) is 14.0. The van der Waals surface area contributed by atoms with Gasteiger partial charge in [0.2, 0.25) is 5.91 Å². The third kappa shape index (κ3) is 2.35. The molecule has 0 aromatic heterocycles. The Bertz CT molecular complexity index is 610. The minimum absolute atomic E-state index is 0.124. The first kappa shape index (κ1) is 17.3. The lowest BCUT2D eigenvalue weighted by Crippen LogP contribution is -2.65. The van der Waals surface area contributed by atoms with Crippen LogP contribution in [0.1, 0.15) is 46.0 Å². The molecule has 24 heavy (non-hydrogen) atoms. The molecular weight excluding hydrogens is 321 g/mol. The van der Waals surface area contributed by atoms with Crippen LogP contribution in [0.3, 0.4) is 0 Å². The van der Waals surface area contributed by atoms with Crippen molar-refractivity contribution in [1.82, 2.24) is 4.90 Å². The maximum absolute atomic E-state index is 13.5. The third-order valence-corrected chi connectivity index (χ3v) is 5.84. The standard InChI is InChI=1S/C17H23F3N2O2/c1-14(2)8-15(7-11(21)12(14)23)9-22(10-15)13(24)16(17(18,19)20)5-3-4-6-16/h7H,3-6,8-10,21H2,1-2H3. The van der Waals surface area contributed by atoms with E-state index in [1.807, 2.05) is 0 Å². The molecule has 2 fully saturated rings. The number of Topliss-reactive ketones (excluding diaryl/α,β-unsaturated/α-hetero) is 1. The van der Waals surface area contributed by atoms with Crippen molar-refractivity contribution >= 4 is 11.7 Å². The van der Waals surface area contributed by atoms with Gasteiger partial charge in [0.05, 0.1) is 5.70 Å². The monoisotopic (exact) mass is 344 g/mol. The fourth-order valence-corrected chi connectivity index (χ4v) is 4.76. The molecule has 7 heteroatoms. The lowest BCUT2D eigenvalue weighted by atomic mass is 9.62. The van der Waals surface area contributed by atoms with Gasteiger partial charge in [-0.05, 0) is 25.3 Å². The van der Waals surface area contributed by atoms with Gasteiger partial charge in [0, 0.05) is 23.9 Å². The zero-order chi connectivity index (χ0) is 18.0. The number of alkyl halides is 3. The van der Waals surface area contributed by atoms with Crippen LogP contribution in [0.2, 0.25) is 0 Å². The molecule has 0 aromatic rings. The summed E-state index contributed by atoms with van der Waals surface area (Å²) < 4.78 is 40.6. The molecule has 2 N–H and O–H groups in total. The van der Waals surface area contributed by atoms with E-state index >= 15 is 0 Å². The van der Waals surface area contributed by atoms with Crippen molar-refractivity contribution in [3.8, 4) is 0 Å². The summed E-state index contributed by atoms with van der Waals surface area (Å²) in [6.07, 6.45) is -1.75. The fraction of sp³-hybridized carbons (Fsp3) is 0.765. The SMILES string of the molecule is CC1(C)CC2(C=C(N)C1=O)CN(C(=O)C1(C(F)(F)F)CCCC1)C2. The number of nitrogens with two attached hydrogens (primary N) is 1. The number of rotatable bonds is 1. The van der Waals surface area contributed by atoms with Crippen molar-refractivity contribution in [2.24, 2.45) is 22.0 Å². The van der Waals surface area contributed by atoms with Crippen molar-refractivity contribution < 1.29 is 22.8 Å². The first-order valence-electron chi connectivity index (χ1n) is 8.32. The van der Waals surface area contributed by atoms with Gasteiger partial charge in [0.15, 0.2) is 5.78 Å². The quantitative estimate of drug-likeness (QED) is 0.796. The molecule has 3 rings (SSSR count). The summed E-state index contributed by atoms with van der Waals surface area (Å²) in [5.41, 5.74) is 2.63. The molecule has 0 unspecified atom stereocenters. The highest BCUT2D eigenvalue weighted by Crippen LogP contribution is 2.54. The summed E-state index contributed by atoms with van der Waals surface area (Å²) in [5.74, 6) is -0.944. The van der Waals surface area contributed by atoms with E-state index in [9.17, 15) is 22.8 Å². The Labute approximate surface area is 139 Å². The summed E-state index contributed by atoms with van der Waals surface area (Å²) in [5, 5.41) is 0. The van der Waals surface area contributed by atoms with Crippen LogP contribution in [0.5, 0.6) is 0 Å². The third-order valence-electron chi connectivity index (χ3n) is 5.84. The second-order valence-electron chi connectivity index (χ2n) is 8.30. The number of carbonyl (C=O) groups is 2. The van der Waals surface area contributed by atoms with E-state index in [1.54, 1.807) is 19.9 Å². The summed E-state index contributed by atoms with van der Waals surface area (Å²) in [6, 6.07) is 0. The maximum Gasteiger partial charge on any atom is 0.403 e. The molecule has 3 aliphatic rings. The first-order chi connectivity index (χ1) is 10.9. The van der Waals surface area contributed by atoms with Crippen molar-refractivity contribution in [1.29, 1.82) is 0 Å². The van der Waals surface area contributed by atoms with Crippen LogP contribution in [-0.2, 0) is 9.59 Å². The first-order valence-corrected chi connectivity index (χ1v) is 8.32. The lowest BCUT2D eigenvalue weighted by molar-refractivity contribution is -0.230. The molecule has 1 aliphatic heterocycles. The number of hydrogen-bond donors (Lipinski definition) is 1. The largest absolute Gasteiger partial charge is 0.403 e. The van der Waals surface area contributed by atoms with E-state index in [1.165, 1.54) is 4.90 Å². The van der Waals surface area contributed by atoms with Crippen molar-refractivity contribution in [2.75, 3.05) is 13.1 Å². The Morgan fingerprint density at radius 1 is 1.21 bits per heavy atom. The van der Waals surface area contributed by atoms with Crippen molar-refractivity contribution in [3.63, 3.8) is 0 Å². The van der Waals surface area contributed by atoms with Gasteiger partial charge in [-0.25, -0.2) is 0 Å². The molecule has 1 heterocycles. The normalized spacial score (nSPS) is 27.8. The van der Waals surface area contributed by atoms with Crippen LogP contribution in [0, 0.1) is 16.2 Å². The molecule has 1 saturated carbocycles. The van der Waals surface area contributed by atoms with Crippen LogP contribution in [0.15, 0.2) is 11.8 Å². The molecule has 0 aromatic carbocycles. The van der Waals surface area contributed by atoms with Crippen LogP contribution < -0.4 is 5.73 Å². The number of amides is 1. The van der Waals surface area contributed by atoms with E-state index in [-0.39, 0.29) is 37.4 Å². The van der Waals surface area contributed by atoms with Crippen LogP contribution >= 0.6 is 0 Å². The Kier molecular flexibility index (Phi) is 3.59. The Hall–Kier alpha value is -1.53. The van der Waals surface area contributed by atoms with Crippen LogP contribution in [0.25, 0.3) is 0 Å². The van der Waals surface area contributed by atoms with Gasteiger partial charge < -0.3 is 10.6 Å².